The standard InChI is InChI=1S/C27H27NO4S/c1-16-9-6-7-10-19(16)28-23(21-11-8-14-33-21)22(25(30)26(28)31)24(29)18-15-17(27(2,3)4)12-13-20(18)32-5/h6-15,23,29H,1-5H3/b24-22+. The summed E-state index contributed by atoms with van der Waals surface area (Å²) < 4.78 is 5.51. The third-order valence-corrected chi connectivity index (χ3v) is 6.88. The summed E-state index contributed by atoms with van der Waals surface area (Å²) in [5, 5.41) is 13.4. The highest BCUT2D eigenvalue weighted by atomic mass is 32.1. The van der Waals surface area contributed by atoms with Crippen molar-refractivity contribution in [3.05, 3.63) is 87.1 Å². The average molecular weight is 462 g/mol. The highest BCUT2D eigenvalue weighted by molar-refractivity contribution is 7.10. The molecule has 1 unspecified atom stereocenters. The van der Waals surface area contributed by atoms with Gasteiger partial charge in [0.25, 0.3) is 11.7 Å². The van der Waals surface area contributed by atoms with E-state index in [4.69, 9.17) is 4.74 Å². The third kappa shape index (κ3) is 3.95. The SMILES string of the molecule is COc1ccc(C(C)(C)C)cc1/C(O)=C1\C(=O)C(=O)N(c2ccccc2C)C1c1cccs1. The molecule has 1 saturated heterocycles. The van der Waals surface area contributed by atoms with Crippen LogP contribution in [0.15, 0.2) is 65.6 Å². The Balaban J connectivity index is 1.99. The Morgan fingerprint density at radius 1 is 1.06 bits per heavy atom. The molecule has 0 saturated carbocycles. The number of ketones is 1. The number of carbonyl (C=O) groups excluding carboxylic acids is 2. The van der Waals surface area contributed by atoms with E-state index in [9.17, 15) is 14.7 Å². The van der Waals surface area contributed by atoms with Gasteiger partial charge in [-0.2, -0.15) is 0 Å². The Morgan fingerprint density at radius 3 is 2.39 bits per heavy atom. The largest absolute Gasteiger partial charge is 0.507 e. The van der Waals surface area contributed by atoms with Crippen LogP contribution in [0.25, 0.3) is 5.76 Å². The molecule has 1 N–H and O–H groups in total. The van der Waals surface area contributed by atoms with Crippen LogP contribution in [0.3, 0.4) is 0 Å². The summed E-state index contributed by atoms with van der Waals surface area (Å²) >= 11 is 1.44. The fraction of sp³-hybridized carbons (Fsp3) is 0.259. The summed E-state index contributed by atoms with van der Waals surface area (Å²) in [5.41, 5.74) is 2.78. The first-order valence-corrected chi connectivity index (χ1v) is 11.6. The number of carbonyl (C=O) groups is 2. The molecule has 170 valence electrons. The van der Waals surface area contributed by atoms with Crippen molar-refractivity contribution in [2.45, 2.75) is 39.2 Å². The number of Topliss-reactive ketones (excluding diaryl/α,β-unsaturated/α-hetero) is 1. The van der Waals surface area contributed by atoms with Crippen LogP contribution in [0.4, 0.5) is 5.69 Å². The summed E-state index contributed by atoms with van der Waals surface area (Å²) in [7, 11) is 1.52. The molecule has 0 spiro atoms. The van der Waals surface area contributed by atoms with Crippen LogP contribution >= 0.6 is 11.3 Å². The number of benzene rings is 2. The smallest absolute Gasteiger partial charge is 0.300 e. The summed E-state index contributed by atoms with van der Waals surface area (Å²) in [6.45, 7) is 8.11. The van der Waals surface area contributed by atoms with Gasteiger partial charge in [-0.3, -0.25) is 14.5 Å². The molecule has 1 atom stereocenters. The lowest BCUT2D eigenvalue weighted by atomic mass is 9.85. The van der Waals surface area contributed by atoms with Crippen molar-refractivity contribution in [1.82, 2.24) is 0 Å². The van der Waals surface area contributed by atoms with Crippen LogP contribution in [0, 0.1) is 6.92 Å². The molecule has 4 rings (SSSR count). The van der Waals surface area contributed by atoms with Crippen molar-refractivity contribution >= 4 is 34.5 Å². The molecule has 2 aromatic carbocycles. The van der Waals surface area contributed by atoms with Crippen LogP contribution in [0.5, 0.6) is 5.75 Å². The second-order valence-corrected chi connectivity index (χ2v) is 10.1. The van der Waals surface area contributed by atoms with Crippen molar-refractivity contribution in [2.75, 3.05) is 12.0 Å². The van der Waals surface area contributed by atoms with E-state index in [1.807, 2.05) is 60.8 Å². The number of amides is 1. The molecule has 1 fully saturated rings. The van der Waals surface area contributed by atoms with Crippen LogP contribution in [-0.4, -0.2) is 23.9 Å². The minimum atomic E-state index is -0.728. The van der Waals surface area contributed by atoms with Crippen LogP contribution in [0.1, 0.15) is 48.4 Å². The Hall–Kier alpha value is -3.38. The quantitative estimate of drug-likeness (QED) is 0.294. The minimum absolute atomic E-state index is 0.0649. The number of anilines is 1. The Morgan fingerprint density at radius 2 is 1.79 bits per heavy atom. The lowest BCUT2D eigenvalue weighted by Crippen LogP contribution is -2.29. The first-order chi connectivity index (χ1) is 15.6. The zero-order valence-electron chi connectivity index (χ0n) is 19.4. The van der Waals surface area contributed by atoms with Gasteiger partial charge in [0.15, 0.2) is 0 Å². The number of aliphatic hydroxyl groups excluding tert-OH is 1. The first kappa shape index (κ1) is 22.8. The fourth-order valence-electron chi connectivity index (χ4n) is 4.14. The van der Waals surface area contributed by atoms with E-state index in [0.29, 0.717) is 17.0 Å². The molecule has 3 aromatic rings. The average Bonchev–Trinajstić information content (AvgIpc) is 3.40. The van der Waals surface area contributed by atoms with Crippen molar-refractivity contribution in [2.24, 2.45) is 0 Å². The molecule has 1 amide bonds. The van der Waals surface area contributed by atoms with Crippen LogP contribution in [0.2, 0.25) is 0 Å². The van der Waals surface area contributed by atoms with E-state index in [2.05, 4.69) is 20.8 Å². The Labute approximate surface area is 197 Å². The summed E-state index contributed by atoms with van der Waals surface area (Å²) in [4.78, 5) is 28.9. The number of aliphatic hydroxyl groups is 1. The number of para-hydroxylation sites is 1. The molecule has 0 aliphatic carbocycles. The van der Waals surface area contributed by atoms with E-state index >= 15 is 0 Å². The van der Waals surface area contributed by atoms with Gasteiger partial charge in [0.2, 0.25) is 0 Å². The minimum Gasteiger partial charge on any atom is -0.507 e. The van der Waals surface area contributed by atoms with Gasteiger partial charge in [0.05, 0.1) is 18.2 Å². The van der Waals surface area contributed by atoms with E-state index in [0.717, 1.165) is 16.0 Å². The second kappa shape index (κ2) is 8.52. The number of nitrogens with zero attached hydrogens (tertiary/aromatic N) is 1. The lowest BCUT2D eigenvalue weighted by Gasteiger charge is -2.26. The van der Waals surface area contributed by atoms with Gasteiger partial charge in [-0.15, -0.1) is 11.3 Å². The van der Waals surface area contributed by atoms with Gasteiger partial charge in [-0.05, 0) is 53.1 Å². The Kier molecular flexibility index (Phi) is 5.89. The van der Waals surface area contributed by atoms with Crippen molar-refractivity contribution < 1.29 is 19.4 Å². The molecule has 33 heavy (non-hydrogen) atoms. The highest BCUT2D eigenvalue weighted by Crippen LogP contribution is 2.45. The van der Waals surface area contributed by atoms with E-state index < -0.39 is 17.7 Å². The number of ether oxygens (including phenoxy) is 1. The number of hydrogen-bond acceptors (Lipinski definition) is 5. The van der Waals surface area contributed by atoms with E-state index in [-0.39, 0.29) is 16.7 Å². The van der Waals surface area contributed by atoms with E-state index in [1.54, 1.807) is 6.07 Å². The summed E-state index contributed by atoms with van der Waals surface area (Å²) in [6, 6.07) is 16.0. The number of thiophene rings is 1. The normalized spacial score (nSPS) is 18.1. The maximum absolute atomic E-state index is 13.4. The second-order valence-electron chi connectivity index (χ2n) is 9.14. The summed E-state index contributed by atoms with van der Waals surface area (Å²) in [5.74, 6) is -1.16. The van der Waals surface area contributed by atoms with Gasteiger partial charge < -0.3 is 9.84 Å². The molecule has 2 heterocycles. The Bertz CT molecular complexity index is 1250. The van der Waals surface area contributed by atoms with Gasteiger partial charge in [-0.25, -0.2) is 0 Å². The lowest BCUT2D eigenvalue weighted by molar-refractivity contribution is -0.132. The number of hydrogen-bond donors (Lipinski definition) is 1. The van der Waals surface area contributed by atoms with E-state index in [1.165, 1.54) is 23.3 Å². The predicted molar refractivity (Wildman–Crippen MR) is 132 cm³/mol. The fourth-order valence-corrected chi connectivity index (χ4v) is 4.96. The molecule has 0 radical (unpaired) electrons. The molecular formula is C27H27NO4S. The zero-order valence-corrected chi connectivity index (χ0v) is 20.2. The molecule has 6 heteroatoms. The predicted octanol–water partition coefficient (Wildman–Crippen LogP) is 5.99. The molecule has 5 nitrogen and oxygen atoms in total. The molecular weight excluding hydrogens is 434 g/mol. The molecule has 1 aliphatic heterocycles. The van der Waals surface area contributed by atoms with Gasteiger partial charge in [-0.1, -0.05) is 51.1 Å². The van der Waals surface area contributed by atoms with Crippen molar-refractivity contribution in [3.63, 3.8) is 0 Å². The summed E-state index contributed by atoms with van der Waals surface area (Å²) in [6.07, 6.45) is 0. The topological polar surface area (TPSA) is 66.8 Å². The monoisotopic (exact) mass is 461 g/mol. The van der Waals surface area contributed by atoms with Gasteiger partial charge in [0, 0.05) is 10.6 Å². The zero-order chi connectivity index (χ0) is 23.9. The van der Waals surface area contributed by atoms with Crippen LogP contribution < -0.4 is 9.64 Å². The highest BCUT2D eigenvalue weighted by Gasteiger charge is 2.48. The molecule has 0 bridgehead atoms. The van der Waals surface area contributed by atoms with Gasteiger partial charge in [0.1, 0.15) is 17.6 Å². The third-order valence-electron chi connectivity index (χ3n) is 5.95. The number of rotatable bonds is 4. The molecule has 1 aromatic heterocycles. The molecule has 1 aliphatic rings. The van der Waals surface area contributed by atoms with Crippen molar-refractivity contribution in [3.8, 4) is 5.75 Å². The maximum atomic E-state index is 13.4. The van der Waals surface area contributed by atoms with Gasteiger partial charge >= 0.3 is 0 Å². The number of methoxy groups -OCH3 is 1. The number of aryl methyl sites for hydroxylation is 1. The van der Waals surface area contributed by atoms with Crippen molar-refractivity contribution in [1.29, 1.82) is 0 Å². The maximum Gasteiger partial charge on any atom is 0.300 e. The van der Waals surface area contributed by atoms with Crippen LogP contribution in [-0.2, 0) is 15.0 Å². The first-order valence-electron chi connectivity index (χ1n) is 10.7.